The van der Waals surface area contributed by atoms with E-state index in [1.807, 2.05) is 31.2 Å². The van der Waals surface area contributed by atoms with Crippen LogP contribution in [0.5, 0.6) is 6.01 Å². The Hall–Kier alpha value is -3.21. The van der Waals surface area contributed by atoms with Crippen LogP contribution in [0.2, 0.25) is 5.15 Å². The molecule has 33 heavy (non-hydrogen) atoms. The zero-order chi connectivity index (χ0) is 22.9. The van der Waals surface area contributed by atoms with E-state index in [1.165, 1.54) is 11.3 Å². The standard InChI is InChI=1S/C22H21ClN6O3S/c1-11-10-24-19-18-12-3-6-16(26-13(12)4-5-14(18)33-20(19)21(30)25-11)28-17-9-15(23)27-22(29-17)32-8-7-31-2/h3-6,9,11,24H,7-8,10H2,1-2H3,(H,25,30)(H,26,27,28,29)/t11-/m1/s1. The van der Waals surface area contributed by atoms with Gasteiger partial charge in [-0.2, -0.15) is 9.97 Å². The number of rotatable bonds is 6. The van der Waals surface area contributed by atoms with Crippen molar-refractivity contribution in [3.8, 4) is 6.01 Å². The molecule has 1 aliphatic heterocycles. The maximum atomic E-state index is 12.6. The average Bonchev–Trinajstić information content (AvgIpc) is 3.10. The summed E-state index contributed by atoms with van der Waals surface area (Å²) in [4.78, 5) is 26.4. The van der Waals surface area contributed by atoms with Crippen molar-refractivity contribution in [1.82, 2.24) is 20.3 Å². The van der Waals surface area contributed by atoms with E-state index in [1.54, 1.807) is 13.2 Å². The van der Waals surface area contributed by atoms with Gasteiger partial charge in [-0.15, -0.1) is 11.3 Å². The minimum atomic E-state index is -0.0488. The molecule has 9 nitrogen and oxygen atoms in total. The van der Waals surface area contributed by atoms with E-state index in [4.69, 9.17) is 26.1 Å². The molecule has 0 unspecified atom stereocenters. The SMILES string of the molecule is COCCOc1nc(Cl)cc(Nc2ccc3c(ccc4sc5c(c43)NC[C@@H](C)NC5=O)n2)n1. The second-order valence-electron chi connectivity index (χ2n) is 7.59. The summed E-state index contributed by atoms with van der Waals surface area (Å²) in [5.41, 5.74) is 1.66. The molecule has 4 aromatic rings. The highest BCUT2D eigenvalue weighted by molar-refractivity contribution is 7.21. The Kier molecular flexibility index (Phi) is 5.88. The van der Waals surface area contributed by atoms with Crippen molar-refractivity contribution >= 4 is 67.2 Å². The lowest BCUT2D eigenvalue weighted by Gasteiger charge is -2.11. The first-order valence-electron chi connectivity index (χ1n) is 10.4. The lowest BCUT2D eigenvalue weighted by atomic mass is 10.1. The number of carbonyl (C=O) groups is 1. The first kappa shape index (κ1) is 21.6. The number of hydrogen-bond donors (Lipinski definition) is 3. The van der Waals surface area contributed by atoms with Gasteiger partial charge in [-0.1, -0.05) is 11.6 Å². The van der Waals surface area contributed by atoms with E-state index in [0.29, 0.717) is 36.3 Å². The van der Waals surface area contributed by atoms with Crippen molar-refractivity contribution in [2.24, 2.45) is 0 Å². The third-order valence-corrected chi connectivity index (χ3v) is 6.49. The summed E-state index contributed by atoms with van der Waals surface area (Å²) in [6.45, 7) is 3.38. The number of fused-ring (bicyclic) bond motifs is 5. The molecule has 0 bridgehead atoms. The molecule has 5 rings (SSSR count). The molecule has 0 fully saturated rings. The van der Waals surface area contributed by atoms with Crippen LogP contribution in [0.25, 0.3) is 21.0 Å². The number of nitrogens with one attached hydrogen (secondary N) is 3. The van der Waals surface area contributed by atoms with Crippen molar-refractivity contribution in [3.63, 3.8) is 0 Å². The van der Waals surface area contributed by atoms with E-state index < -0.39 is 0 Å². The molecule has 1 aliphatic rings. The highest BCUT2D eigenvalue weighted by Crippen LogP contribution is 2.41. The molecule has 11 heteroatoms. The van der Waals surface area contributed by atoms with Gasteiger partial charge in [0.1, 0.15) is 28.3 Å². The van der Waals surface area contributed by atoms with E-state index in [-0.39, 0.29) is 23.1 Å². The Morgan fingerprint density at radius 2 is 2.06 bits per heavy atom. The zero-order valence-electron chi connectivity index (χ0n) is 17.9. The van der Waals surface area contributed by atoms with Crippen molar-refractivity contribution < 1.29 is 14.3 Å². The Bertz CT molecular complexity index is 1360. The molecular formula is C22H21ClN6O3S. The number of thiophene rings is 1. The number of nitrogens with zero attached hydrogens (tertiary/aromatic N) is 3. The highest BCUT2D eigenvalue weighted by Gasteiger charge is 2.24. The van der Waals surface area contributed by atoms with Gasteiger partial charge in [0.05, 0.1) is 17.8 Å². The monoisotopic (exact) mass is 484 g/mol. The van der Waals surface area contributed by atoms with Gasteiger partial charge in [-0.05, 0) is 31.2 Å². The number of halogens is 1. The van der Waals surface area contributed by atoms with E-state index >= 15 is 0 Å². The van der Waals surface area contributed by atoms with Gasteiger partial charge in [0.15, 0.2) is 0 Å². The summed E-state index contributed by atoms with van der Waals surface area (Å²) in [6, 6.07) is 9.62. The van der Waals surface area contributed by atoms with Crippen molar-refractivity contribution in [2.75, 3.05) is 37.5 Å². The fraction of sp³-hybridized carbons (Fsp3) is 0.273. The van der Waals surface area contributed by atoms with E-state index in [2.05, 4.69) is 25.9 Å². The quantitative estimate of drug-likeness (QED) is 0.276. The van der Waals surface area contributed by atoms with Gasteiger partial charge >= 0.3 is 6.01 Å². The summed E-state index contributed by atoms with van der Waals surface area (Å²) in [5, 5.41) is 11.8. The zero-order valence-corrected chi connectivity index (χ0v) is 19.5. The molecular weight excluding hydrogens is 464 g/mol. The topological polar surface area (TPSA) is 110 Å². The Balaban J connectivity index is 1.48. The summed E-state index contributed by atoms with van der Waals surface area (Å²) in [7, 11) is 1.59. The maximum absolute atomic E-state index is 12.6. The molecule has 0 spiro atoms. The first-order valence-corrected chi connectivity index (χ1v) is 11.6. The molecule has 1 aromatic carbocycles. The smallest absolute Gasteiger partial charge is 0.319 e. The summed E-state index contributed by atoms with van der Waals surface area (Å²) in [6.07, 6.45) is 0. The number of pyridine rings is 1. The number of aromatic nitrogens is 3. The molecule has 0 saturated carbocycles. The van der Waals surface area contributed by atoms with Gasteiger partial charge in [0.2, 0.25) is 0 Å². The van der Waals surface area contributed by atoms with Gasteiger partial charge in [-0.3, -0.25) is 4.79 Å². The number of anilines is 3. The van der Waals surface area contributed by atoms with Crippen LogP contribution < -0.4 is 20.7 Å². The van der Waals surface area contributed by atoms with E-state index in [0.717, 1.165) is 26.7 Å². The summed E-state index contributed by atoms with van der Waals surface area (Å²) >= 11 is 7.60. The Morgan fingerprint density at radius 3 is 2.91 bits per heavy atom. The van der Waals surface area contributed by atoms with Crippen molar-refractivity contribution in [1.29, 1.82) is 0 Å². The second kappa shape index (κ2) is 8.97. The Morgan fingerprint density at radius 1 is 1.18 bits per heavy atom. The van der Waals surface area contributed by atoms with Crippen molar-refractivity contribution in [3.05, 3.63) is 40.4 Å². The largest absolute Gasteiger partial charge is 0.461 e. The minimum absolute atomic E-state index is 0.0488. The molecule has 3 N–H and O–H groups in total. The number of benzene rings is 1. The third kappa shape index (κ3) is 4.37. The van der Waals surface area contributed by atoms with Crippen LogP contribution in [-0.4, -0.2) is 53.8 Å². The molecule has 4 heterocycles. The minimum Gasteiger partial charge on any atom is -0.461 e. The third-order valence-electron chi connectivity index (χ3n) is 5.14. The van der Waals surface area contributed by atoms with Gasteiger partial charge in [-0.25, -0.2) is 4.98 Å². The second-order valence-corrected chi connectivity index (χ2v) is 9.03. The van der Waals surface area contributed by atoms with Crippen LogP contribution in [-0.2, 0) is 4.74 Å². The summed E-state index contributed by atoms with van der Waals surface area (Å²) in [5.74, 6) is 1.01. The first-order chi connectivity index (χ1) is 16.0. The van der Waals surface area contributed by atoms with Crippen molar-refractivity contribution in [2.45, 2.75) is 13.0 Å². The molecule has 0 radical (unpaired) electrons. The number of methoxy groups -OCH3 is 1. The van der Waals surface area contributed by atoms with Gasteiger partial charge in [0.25, 0.3) is 5.91 Å². The maximum Gasteiger partial charge on any atom is 0.319 e. The fourth-order valence-electron chi connectivity index (χ4n) is 3.67. The lowest BCUT2D eigenvalue weighted by Crippen LogP contribution is -2.34. The molecule has 170 valence electrons. The molecule has 0 saturated heterocycles. The van der Waals surface area contributed by atoms with Crippen LogP contribution in [0, 0.1) is 0 Å². The van der Waals surface area contributed by atoms with Crippen LogP contribution in [0.4, 0.5) is 17.3 Å². The normalized spacial score (nSPS) is 15.6. The van der Waals surface area contributed by atoms with Crippen LogP contribution in [0.15, 0.2) is 30.3 Å². The number of carbonyl (C=O) groups excluding carboxylic acids is 1. The lowest BCUT2D eigenvalue weighted by molar-refractivity contribution is 0.0949. The molecule has 1 atom stereocenters. The van der Waals surface area contributed by atoms with Crippen LogP contribution in [0.1, 0.15) is 16.6 Å². The number of ether oxygens (including phenoxy) is 2. The predicted molar refractivity (Wildman–Crippen MR) is 130 cm³/mol. The number of amides is 1. The molecule has 3 aromatic heterocycles. The average molecular weight is 485 g/mol. The summed E-state index contributed by atoms with van der Waals surface area (Å²) < 4.78 is 11.5. The van der Waals surface area contributed by atoms with Crippen LogP contribution in [0.3, 0.4) is 0 Å². The van der Waals surface area contributed by atoms with Gasteiger partial charge < -0.3 is 25.4 Å². The number of hydrogen-bond acceptors (Lipinski definition) is 9. The Labute approximate surface area is 198 Å². The molecule has 1 amide bonds. The highest BCUT2D eigenvalue weighted by atomic mass is 35.5. The van der Waals surface area contributed by atoms with Gasteiger partial charge in [0, 0.05) is 41.2 Å². The fourth-order valence-corrected chi connectivity index (χ4v) is 4.94. The van der Waals surface area contributed by atoms with Crippen LogP contribution >= 0.6 is 22.9 Å². The molecule has 0 aliphatic carbocycles. The van der Waals surface area contributed by atoms with E-state index in [9.17, 15) is 4.79 Å². The predicted octanol–water partition coefficient (Wildman–Crippen LogP) is 4.21.